The Morgan fingerprint density at radius 2 is 1.66 bits per heavy atom. The molecule has 5 rings (SSSR count). The first-order valence-electron chi connectivity index (χ1n) is 10.1. The van der Waals surface area contributed by atoms with Gasteiger partial charge in [-0.2, -0.15) is 0 Å². The summed E-state index contributed by atoms with van der Waals surface area (Å²) < 4.78 is 38.0. The van der Waals surface area contributed by atoms with Gasteiger partial charge in [0.15, 0.2) is 27.1 Å². The zero-order valence-electron chi connectivity index (χ0n) is 16.9. The molecule has 1 amide bonds. The zero-order chi connectivity index (χ0) is 22.3. The lowest BCUT2D eigenvalue weighted by Crippen LogP contribution is -2.35. The van der Waals surface area contributed by atoms with E-state index in [9.17, 15) is 18.0 Å². The van der Waals surface area contributed by atoms with Crippen LogP contribution < -0.4 is 14.4 Å². The molecule has 0 saturated carbocycles. The summed E-state index contributed by atoms with van der Waals surface area (Å²) in [6.07, 6.45) is -0.293. The Hall–Kier alpha value is -3.65. The summed E-state index contributed by atoms with van der Waals surface area (Å²) in [6.45, 7) is -0.184. The lowest BCUT2D eigenvalue weighted by molar-refractivity contribution is -0.118. The van der Waals surface area contributed by atoms with E-state index >= 15 is 0 Å². The Labute approximate surface area is 185 Å². The SMILES string of the molecule is O=C(CN1C(=O)CC(c2ccc3c(c2)OCO3)S(=O)(=O)c2ccccc21)c1ccccc1. The highest BCUT2D eigenvalue weighted by Gasteiger charge is 2.40. The summed E-state index contributed by atoms with van der Waals surface area (Å²) >= 11 is 0. The summed E-state index contributed by atoms with van der Waals surface area (Å²) in [5, 5.41) is -1.11. The largest absolute Gasteiger partial charge is 0.454 e. The van der Waals surface area contributed by atoms with Gasteiger partial charge in [-0.05, 0) is 29.8 Å². The molecule has 2 aliphatic heterocycles. The van der Waals surface area contributed by atoms with Crippen LogP contribution in [0.4, 0.5) is 5.69 Å². The minimum Gasteiger partial charge on any atom is -0.454 e. The molecule has 8 heteroatoms. The van der Waals surface area contributed by atoms with E-state index in [0.717, 1.165) is 0 Å². The standard InChI is InChI=1S/C24H19NO6S/c26-19(16-6-2-1-3-7-16)14-25-18-8-4-5-9-22(18)32(28,29)23(13-24(25)27)17-10-11-20-21(12-17)31-15-30-20/h1-12,23H,13-15H2. The number of nitrogens with zero attached hydrogens (tertiary/aromatic N) is 1. The molecule has 0 aromatic heterocycles. The smallest absolute Gasteiger partial charge is 0.231 e. The van der Waals surface area contributed by atoms with Crippen molar-refractivity contribution in [2.45, 2.75) is 16.6 Å². The van der Waals surface area contributed by atoms with Crippen LogP contribution in [0.25, 0.3) is 0 Å². The minimum absolute atomic E-state index is 0.0226. The fraction of sp³-hybridized carbons (Fsp3) is 0.167. The summed E-state index contributed by atoms with van der Waals surface area (Å²) in [5.74, 6) is 0.263. The fourth-order valence-electron chi connectivity index (χ4n) is 4.03. The predicted molar refractivity (Wildman–Crippen MR) is 117 cm³/mol. The first-order valence-corrected chi connectivity index (χ1v) is 11.6. The third-order valence-electron chi connectivity index (χ3n) is 5.66. The molecule has 1 atom stereocenters. The van der Waals surface area contributed by atoms with E-state index in [4.69, 9.17) is 9.47 Å². The van der Waals surface area contributed by atoms with Gasteiger partial charge in [0.25, 0.3) is 0 Å². The van der Waals surface area contributed by atoms with Crippen LogP contribution in [-0.4, -0.2) is 33.4 Å². The second-order valence-electron chi connectivity index (χ2n) is 7.59. The van der Waals surface area contributed by atoms with Crippen LogP contribution in [0.2, 0.25) is 0 Å². The van der Waals surface area contributed by atoms with E-state index < -0.39 is 21.0 Å². The highest BCUT2D eigenvalue weighted by molar-refractivity contribution is 7.92. The van der Waals surface area contributed by atoms with Gasteiger partial charge >= 0.3 is 0 Å². The Morgan fingerprint density at radius 1 is 0.938 bits per heavy atom. The number of carbonyl (C=O) groups is 2. The molecule has 0 bridgehead atoms. The Kier molecular flexibility index (Phi) is 4.94. The number of carbonyl (C=O) groups excluding carboxylic acids is 2. The number of amides is 1. The third kappa shape index (κ3) is 3.42. The van der Waals surface area contributed by atoms with E-state index in [1.807, 2.05) is 0 Å². The van der Waals surface area contributed by atoms with E-state index in [-0.39, 0.29) is 36.1 Å². The summed E-state index contributed by atoms with van der Waals surface area (Å²) in [7, 11) is -3.93. The van der Waals surface area contributed by atoms with Crippen molar-refractivity contribution in [2.75, 3.05) is 18.2 Å². The van der Waals surface area contributed by atoms with Gasteiger partial charge in [0, 0.05) is 12.0 Å². The van der Waals surface area contributed by atoms with Gasteiger partial charge in [0.2, 0.25) is 12.7 Å². The molecule has 32 heavy (non-hydrogen) atoms. The van der Waals surface area contributed by atoms with Crippen molar-refractivity contribution < 1.29 is 27.5 Å². The first kappa shape index (κ1) is 20.3. The molecular weight excluding hydrogens is 430 g/mol. The summed E-state index contributed by atoms with van der Waals surface area (Å²) in [5.41, 5.74) is 1.11. The van der Waals surface area contributed by atoms with Crippen LogP contribution in [0.3, 0.4) is 0 Å². The third-order valence-corrected chi connectivity index (χ3v) is 7.81. The number of anilines is 1. The lowest BCUT2D eigenvalue weighted by atomic mass is 10.1. The number of fused-ring (bicyclic) bond motifs is 2. The first-order chi connectivity index (χ1) is 15.4. The average molecular weight is 449 g/mol. The Balaban J connectivity index is 1.57. The van der Waals surface area contributed by atoms with Crippen molar-refractivity contribution in [3.63, 3.8) is 0 Å². The molecule has 0 radical (unpaired) electrons. The topological polar surface area (TPSA) is 90.0 Å². The van der Waals surface area contributed by atoms with Crippen LogP contribution in [0.15, 0.2) is 77.7 Å². The second kappa shape index (κ2) is 7.80. The van der Waals surface area contributed by atoms with Crippen molar-refractivity contribution >= 4 is 27.2 Å². The number of ether oxygens (including phenoxy) is 2. The summed E-state index contributed by atoms with van der Waals surface area (Å²) in [4.78, 5) is 27.4. The van der Waals surface area contributed by atoms with Crippen LogP contribution >= 0.6 is 0 Å². The van der Waals surface area contributed by atoms with Crippen molar-refractivity contribution in [2.24, 2.45) is 0 Å². The number of ketones is 1. The second-order valence-corrected chi connectivity index (χ2v) is 9.69. The maximum absolute atomic E-state index is 13.6. The van der Waals surface area contributed by atoms with Gasteiger partial charge in [-0.15, -0.1) is 0 Å². The number of hydrogen-bond acceptors (Lipinski definition) is 6. The number of benzene rings is 3. The van der Waals surface area contributed by atoms with Crippen LogP contribution in [0.5, 0.6) is 11.5 Å². The zero-order valence-corrected chi connectivity index (χ0v) is 17.7. The molecule has 0 spiro atoms. The van der Waals surface area contributed by atoms with E-state index in [1.165, 1.54) is 11.0 Å². The van der Waals surface area contributed by atoms with Crippen LogP contribution in [-0.2, 0) is 14.6 Å². The molecule has 3 aromatic rings. The van der Waals surface area contributed by atoms with E-state index in [1.54, 1.807) is 66.7 Å². The Bertz CT molecular complexity index is 1320. The van der Waals surface area contributed by atoms with Crippen molar-refractivity contribution in [3.8, 4) is 11.5 Å². The molecule has 2 heterocycles. The number of rotatable bonds is 4. The van der Waals surface area contributed by atoms with Crippen molar-refractivity contribution in [1.82, 2.24) is 0 Å². The van der Waals surface area contributed by atoms with Crippen molar-refractivity contribution in [1.29, 1.82) is 0 Å². The van der Waals surface area contributed by atoms with E-state index in [2.05, 4.69) is 0 Å². The average Bonchev–Trinajstić information content (AvgIpc) is 3.26. The minimum atomic E-state index is -3.93. The molecule has 0 N–H and O–H groups in total. The molecule has 162 valence electrons. The lowest BCUT2D eigenvalue weighted by Gasteiger charge is -2.21. The van der Waals surface area contributed by atoms with Gasteiger partial charge in [0.1, 0.15) is 0 Å². The Morgan fingerprint density at radius 3 is 2.47 bits per heavy atom. The number of Topliss-reactive ketones (excluding diaryl/α,β-unsaturated/α-hetero) is 1. The van der Waals surface area contributed by atoms with Crippen LogP contribution in [0.1, 0.15) is 27.6 Å². The van der Waals surface area contributed by atoms with Gasteiger partial charge in [-0.1, -0.05) is 48.5 Å². The highest BCUT2D eigenvalue weighted by atomic mass is 32.2. The monoisotopic (exact) mass is 449 g/mol. The molecule has 0 fully saturated rings. The number of hydrogen-bond donors (Lipinski definition) is 0. The normalized spacial score (nSPS) is 18.7. The predicted octanol–water partition coefficient (Wildman–Crippen LogP) is 3.55. The molecule has 0 saturated heterocycles. The fourth-order valence-corrected chi connectivity index (χ4v) is 5.94. The van der Waals surface area contributed by atoms with Gasteiger partial charge in [-0.3, -0.25) is 9.59 Å². The molecule has 3 aromatic carbocycles. The quantitative estimate of drug-likeness (QED) is 0.566. The number of sulfone groups is 1. The molecular formula is C24H19NO6S. The maximum Gasteiger partial charge on any atom is 0.231 e. The van der Waals surface area contributed by atoms with E-state index in [0.29, 0.717) is 22.6 Å². The van der Waals surface area contributed by atoms with Gasteiger partial charge in [-0.25, -0.2) is 8.42 Å². The molecule has 0 aliphatic carbocycles. The molecule has 2 aliphatic rings. The summed E-state index contributed by atoms with van der Waals surface area (Å²) in [6, 6.07) is 19.8. The molecule has 1 unspecified atom stereocenters. The van der Waals surface area contributed by atoms with Gasteiger partial charge in [0.05, 0.1) is 22.4 Å². The van der Waals surface area contributed by atoms with Crippen molar-refractivity contribution in [3.05, 3.63) is 83.9 Å². The highest BCUT2D eigenvalue weighted by Crippen LogP contribution is 2.43. The molecule has 7 nitrogen and oxygen atoms in total. The van der Waals surface area contributed by atoms with Gasteiger partial charge < -0.3 is 14.4 Å². The maximum atomic E-state index is 13.6. The van der Waals surface area contributed by atoms with Crippen LogP contribution in [0, 0.1) is 0 Å². The number of para-hydroxylation sites is 1.